The van der Waals surface area contributed by atoms with Gasteiger partial charge >= 0.3 is 0 Å². The van der Waals surface area contributed by atoms with Gasteiger partial charge in [-0.3, -0.25) is 0 Å². The third-order valence-electron chi connectivity index (χ3n) is 5.30. The molecule has 3 N–H and O–H groups in total. The number of nitrogens with one attached hydrogen (secondary N) is 1. The zero-order valence-corrected chi connectivity index (χ0v) is 15.5. The molecule has 2 aromatic rings. The molecular formula is C19H27N7. The molecule has 4 rings (SSSR count). The average Bonchev–Trinajstić information content (AvgIpc) is 3.47. The Balaban J connectivity index is 1.40. The minimum absolute atomic E-state index is 0.282. The predicted molar refractivity (Wildman–Crippen MR) is 105 cm³/mol. The molecule has 1 aromatic heterocycles. The van der Waals surface area contributed by atoms with Crippen LogP contribution in [0.25, 0.3) is 0 Å². The molecule has 2 heterocycles. The molecular weight excluding hydrogens is 326 g/mol. The van der Waals surface area contributed by atoms with Crippen molar-refractivity contribution < 1.29 is 0 Å². The second-order valence-corrected chi connectivity index (χ2v) is 7.50. The van der Waals surface area contributed by atoms with E-state index in [2.05, 4.69) is 68.4 Å². The van der Waals surface area contributed by atoms with Crippen molar-refractivity contribution in [1.29, 1.82) is 0 Å². The summed E-state index contributed by atoms with van der Waals surface area (Å²) in [5.74, 6) is 2.07. The van der Waals surface area contributed by atoms with E-state index in [-0.39, 0.29) is 5.95 Å². The van der Waals surface area contributed by atoms with Gasteiger partial charge in [0, 0.05) is 36.4 Å². The molecule has 138 valence electrons. The normalized spacial score (nSPS) is 18.3. The SMILES string of the molecule is CN(C)C1CCN(c2ccc(Nc3nc(N)nc(C4CC4)n3)cc2)CC1. The van der Waals surface area contributed by atoms with Gasteiger partial charge in [-0.05, 0) is 64.0 Å². The molecule has 1 aromatic carbocycles. The van der Waals surface area contributed by atoms with Crippen molar-refractivity contribution in [1.82, 2.24) is 19.9 Å². The van der Waals surface area contributed by atoms with Crippen LogP contribution >= 0.6 is 0 Å². The van der Waals surface area contributed by atoms with Gasteiger partial charge in [0.1, 0.15) is 5.82 Å². The first-order valence-corrected chi connectivity index (χ1v) is 9.38. The average molecular weight is 353 g/mol. The topological polar surface area (TPSA) is 83.2 Å². The van der Waals surface area contributed by atoms with Crippen molar-refractivity contribution in [2.75, 3.05) is 43.1 Å². The van der Waals surface area contributed by atoms with Crippen molar-refractivity contribution in [2.24, 2.45) is 0 Å². The molecule has 2 fully saturated rings. The molecule has 0 atom stereocenters. The van der Waals surface area contributed by atoms with Gasteiger partial charge in [0.25, 0.3) is 0 Å². The maximum absolute atomic E-state index is 5.82. The number of hydrogen-bond donors (Lipinski definition) is 2. The summed E-state index contributed by atoms with van der Waals surface area (Å²) in [6.45, 7) is 2.20. The Morgan fingerprint density at radius 1 is 1.00 bits per heavy atom. The van der Waals surface area contributed by atoms with E-state index < -0.39 is 0 Å². The summed E-state index contributed by atoms with van der Waals surface area (Å²) in [5.41, 5.74) is 8.05. The van der Waals surface area contributed by atoms with Crippen LogP contribution in [0.3, 0.4) is 0 Å². The van der Waals surface area contributed by atoms with Crippen LogP contribution in [0.2, 0.25) is 0 Å². The van der Waals surface area contributed by atoms with Gasteiger partial charge in [-0.1, -0.05) is 0 Å². The first kappa shape index (κ1) is 17.0. The number of piperidine rings is 1. The van der Waals surface area contributed by atoms with E-state index in [1.54, 1.807) is 0 Å². The van der Waals surface area contributed by atoms with E-state index >= 15 is 0 Å². The van der Waals surface area contributed by atoms with Crippen molar-refractivity contribution >= 4 is 23.3 Å². The highest BCUT2D eigenvalue weighted by molar-refractivity contribution is 5.59. The fourth-order valence-electron chi connectivity index (χ4n) is 3.51. The Hall–Kier alpha value is -2.41. The minimum Gasteiger partial charge on any atom is -0.371 e. The number of anilines is 4. The van der Waals surface area contributed by atoms with Gasteiger partial charge in [0.15, 0.2) is 0 Å². The molecule has 1 saturated heterocycles. The quantitative estimate of drug-likeness (QED) is 0.855. The Morgan fingerprint density at radius 3 is 2.31 bits per heavy atom. The number of benzene rings is 1. The number of rotatable bonds is 5. The lowest BCUT2D eigenvalue weighted by molar-refractivity contribution is 0.249. The zero-order chi connectivity index (χ0) is 18.1. The largest absolute Gasteiger partial charge is 0.371 e. The molecule has 26 heavy (non-hydrogen) atoms. The minimum atomic E-state index is 0.282. The number of nitrogens with zero attached hydrogens (tertiary/aromatic N) is 5. The summed E-state index contributed by atoms with van der Waals surface area (Å²) in [7, 11) is 4.34. The fraction of sp³-hybridized carbons (Fsp3) is 0.526. The van der Waals surface area contributed by atoms with Crippen LogP contribution < -0.4 is 16.0 Å². The molecule has 7 heteroatoms. The molecule has 1 saturated carbocycles. The summed E-state index contributed by atoms with van der Waals surface area (Å²) >= 11 is 0. The highest BCUT2D eigenvalue weighted by atomic mass is 15.2. The van der Waals surface area contributed by atoms with Gasteiger partial charge < -0.3 is 20.9 Å². The maximum Gasteiger partial charge on any atom is 0.232 e. The molecule has 1 aliphatic carbocycles. The van der Waals surface area contributed by atoms with Gasteiger partial charge in [-0.25, -0.2) is 0 Å². The highest BCUT2D eigenvalue weighted by Gasteiger charge is 2.27. The second-order valence-electron chi connectivity index (χ2n) is 7.50. The lowest BCUT2D eigenvalue weighted by atomic mass is 10.0. The maximum atomic E-state index is 5.82. The molecule has 0 amide bonds. The standard InChI is InChI=1S/C19H27N7/c1-25(2)15-9-11-26(12-10-15)16-7-5-14(6-8-16)21-19-23-17(13-3-4-13)22-18(20)24-19/h5-8,13,15H,3-4,9-12H2,1-2H3,(H3,20,21,22,23,24). The van der Waals surface area contributed by atoms with E-state index in [0.29, 0.717) is 17.9 Å². The van der Waals surface area contributed by atoms with Crippen molar-refractivity contribution in [2.45, 2.75) is 37.6 Å². The first-order chi connectivity index (χ1) is 12.6. The summed E-state index contributed by atoms with van der Waals surface area (Å²) in [6.07, 6.45) is 4.70. The molecule has 0 spiro atoms. The summed E-state index contributed by atoms with van der Waals surface area (Å²) < 4.78 is 0. The molecule has 7 nitrogen and oxygen atoms in total. The Bertz CT molecular complexity index is 747. The van der Waals surface area contributed by atoms with Crippen LogP contribution in [0, 0.1) is 0 Å². The van der Waals surface area contributed by atoms with Crippen molar-refractivity contribution in [3.8, 4) is 0 Å². The summed E-state index contributed by atoms with van der Waals surface area (Å²) in [6, 6.07) is 9.16. The number of nitrogens with two attached hydrogens (primary N) is 1. The fourth-order valence-corrected chi connectivity index (χ4v) is 3.51. The summed E-state index contributed by atoms with van der Waals surface area (Å²) in [4.78, 5) is 17.7. The van der Waals surface area contributed by atoms with E-state index in [1.165, 1.54) is 18.5 Å². The van der Waals surface area contributed by atoms with Crippen LogP contribution in [0.5, 0.6) is 0 Å². The third-order valence-corrected chi connectivity index (χ3v) is 5.30. The number of hydrogen-bond acceptors (Lipinski definition) is 7. The van der Waals surface area contributed by atoms with E-state index in [0.717, 1.165) is 37.4 Å². The van der Waals surface area contributed by atoms with Gasteiger partial charge in [-0.2, -0.15) is 15.0 Å². The molecule has 0 bridgehead atoms. The predicted octanol–water partition coefficient (Wildman–Crippen LogP) is 2.61. The third kappa shape index (κ3) is 3.88. The lowest BCUT2D eigenvalue weighted by Gasteiger charge is -2.36. The molecule has 2 aliphatic rings. The van der Waals surface area contributed by atoms with Crippen molar-refractivity contribution in [3.05, 3.63) is 30.1 Å². The van der Waals surface area contributed by atoms with Gasteiger partial charge in [-0.15, -0.1) is 0 Å². The first-order valence-electron chi connectivity index (χ1n) is 9.38. The van der Waals surface area contributed by atoms with Crippen molar-refractivity contribution in [3.63, 3.8) is 0 Å². The smallest absolute Gasteiger partial charge is 0.232 e. The molecule has 0 unspecified atom stereocenters. The molecule has 1 aliphatic heterocycles. The van der Waals surface area contributed by atoms with E-state index in [9.17, 15) is 0 Å². The van der Waals surface area contributed by atoms with E-state index in [4.69, 9.17) is 5.73 Å². The van der Waals surface area contributed by atoms with Crippen LogP contribution in [0.15, 0.2) is 24.3 Å². The van der Waals surface area contributed by atoms with Gasteiger partial charge in [0.2, 0.25) is 11.9 Å². The van der Waals surface area contributed by atoms with E-state index in [1.807, 2.05) is 0 Å². The Labute approximate surface area is 154 Å². The van der Waals surface area contributed by atoms with Crippen LogP contribution in [-0.2, 0) is 0 Å². The number of nitrogen functional groups attached to an aromatic ring is 1. The highest BCUT2D eigenvalue weighted by Crippen LogP contribution is 2.38. The van der Waals surface area contributed by atoms with Crippen LogP contribution in [0.1, 0.15) is 37.4 Å². The number of aromatic nitrogens is 3. The lowest BCUT2D eigenvalue weighted by Crippen LogP contribution is -2.41. The zero-order valence-electron chi connectivity index (χ0n) is 15.5. The molecule has 0 radical (unpaired) electrons. The second kappa shape index (κ2) is 7.07. The van der Waals surface area contributed by atoms with Gasteiger partial charge in [0.05, 0.1) is 0 Å². The summed E-state index contributed by atoms with van der Waals surface area (Å²) in [5, 5.41) is 3.25. The van der Waals surface area contributed by atoms with Crippen LogP contribution in [0.4, 0.5) is 23.3 Å². The Morgan fingerprint density at radius 2 is 1.69 bits per heavy atom. The monoisotopic (exact) mass is 353 g/mol. The Kier molecular flexibility index (Phi) is 4.63. The van der Waals surface area contributed by atoms with Crippen LogP contribution in [-0.4, -0.2) is 53.1 Å².